The third-order valence-corrected chi connectivity index (χ3v) is 14.0. The molecule has 12 heteroatoms. The highest BCUT2D eigenvalue weighted by molar-refractivity contribution is 7.47. The Balaban J connectivity index is 4.69. The van der Waals surface area contributed by atoms with Gasteiger partial charge < -0.3 is 24.2 Å². The fourth-order valence-electron chi connectivity index (χ4n) is 8.48. The molecule has 72 heavy (non-hydrogen) atoms. The number of ether oxygens (including phenoxy) is 3. The summed E-state index contributed by atoms with van der Waals surface area (Å²) in [5.41, 5.74) is 0. The van der Waals surface area contributed by atoms with Gasteiger partial charge in [0.1, 0.15) is 12.7 Å². The highest BCUT2D eigenvalue weighted by atomic mass is 31.2. The van der Waals surface area contributed by atoms with Gasteiger partial charge in [-0.15, -0.1) is 0 Å². The van der Waals surface area contributed by atoms with Crippen LogP contribution in [0.5, 0.6) is 0 Å². The molecule has 0 heterocycles. The number of hydrogen-bond donors (Lipinski definition) is 2. The first kappa shape index (κ1) is 69.7. The van der Waals surface area contributed by atoms with Gasteiger partial charge in [0.25, 0.3) is 0 Å². The first-order valence-corrected chi connectivity index (χ1v) is 31.4. The molecule has 0 saturated heterocycles. The van der Waals surface area contributed by atoms with Crippen LogP contribution in [-0.2, 0) is 42.2 Å². The van der Waals surface area contributed by atoms with E-state index < -0.39 is 57.8 Å². The molecule has 3 unspecified atom stereocenters. The second-order valence-corrected chi connectivity index (χ2v) is 21.6. The van der Waals surface area contributed by atoms with Gasteiger partial charge in [-0.2, -0.15) is 0 Å². The van der Waals surface area contributed by atoms with Crippen molar-refractivity contribution in [1.82, 2.24) is 0 Å². The molecule has 0 aliphatic heterocycles. The fourth-order valence-corrected chi connectivity index (χ4v) is 9.27. The topological polar surface area (TPSA) is 155 Å². The minimum Gasteiger partial charge on any atom is -0.462 e. The van der Waals surface area contributed by atoms with Crippen LogP contribution in [0.25, 0.3) is 0 Å². The van der Waals surface area contributed by atoms with Crippen LogP contribution in [0.4, 0.5) is 0 Å². The minimum atomic E-state index is -4.74. The SMILES string of the molecule is CCCCC/C=C\C/C=C\C/C=C\CCCCCCCCC(=O)OCC(COP(=O)(O)OCC(CO)OC(=O)CCCCCCCCCCC)OC(=O)CCCCCCCCCCCCCCCCCCC. The molecule has 0 aromatic carbocycles. The Morgan fingerprint density at radius 1 is 0.389 bits per heavy atom. The maximum atomic E-state index is 12.9. The second-order valence-electron chi connectivity index (χ2n) is 20.2. The van der Waals surface area contributed by atoms with Crippen molar-refractivity contribution in [2.24, 2.45) is 0 Å². The summed E-state index contributed by atoms with van der Waals surface area (Å²) in [6.07, 6.45) is 56.8. The molecule has 0 spiro atoms. The largest absolute Gasteiger partial charge is 0.472 e. The number of esters is 3. The molecule has 422 valence electrons. The van der Waals surface area contributed by atoms with Gasteiger partial charge in [-0.3, -0.25) is 23.4 Å². The first-order chi connectivity index (χ1) is 35.2. The highest BCUT2D eigenvalue weighted by Crippen LogP contribution is 2.43. The molecule has 0 aliphatic carbocycles. The number of hydrogen-bond acceptors (Lipinski definition) is 10. The van der Waals surface area contributed by atoms with Crippen LogP contribution in [0.1, 0.15) is 290 Å². The Labute approximate surface area is 441 Å². The molecule has 0 amide bonds. The molecule has 0 aromatic rings. The summed E-state index contributed by atoms with van der Waals surface area (Å²) in [6.45, 7) is 4.62. The van der Waals surface area contributed by atoms with E-state index in [-0.39, 0.29) is 25.9 Å². The molecule has 0 fully saturated rings. The van der Waals surface area contributed by atoms with Crippen LogP contribution in [-0.4, -0.2) is 66.5 Å². The van der Waals surface area contributed by atoms with Gasteiger partial charge >= 0.3 is 25.7 Å². The van der Waals surface area contributed by atoms with Gasteiger partial charge in [0, 0.05) is 19.3 Å². The van der Waals surface area contributed by atoms with Gasteiger partial charge in [0.15, 0.2) is 6.10 Å². The summed E-state index contributed by atoms with van der Waals surface area (Å²) in [7, 11) is -4.74. The molecule has 0 rings (SSSR count). The van der Waals surface area contributed by atoms with Gasteiger partial charge in [-0.05, 0) is 57.8 Å². The number of phosphoric acid groups is 1. The van der Waals surface area contributed by atoms with Crippen LogP contribution in [0, 0.1) is 0 Å². The predicted molar refractivity (Wildman–Crippen MR) is 298 cm³/mol. The lowest BCUT2D eigenvalue weighted by Crippen LogP contribution is -2.30. The lowest BCUT2D eigenvalue weighted by Gasteiger charge is -2.21. The Morgan fingerprint density at radius 3 is 1.07 bits per heavy atom. The summed E-state index contributed by atoms with van der Waals surface area (Å²) in [6, 6.07) is 0. The molecule has 3 atom stereocenters. The van der Waals surface area contributed by atoms with E-state index in [1.54, 1.807) is 0 Å². The number of carbonyl (C=O) groups excluding carboxylic acids is 3. The minimum absolute atomic E-state index is 0.171. The molecule has 0 radical (unpaired) electrons. The van der Waals surface area contributed by atoms with Crippen LogP contribution in [0.2, 0.25) is 0 Å². The molecule has 11 nitrogen and oxygen atoms in total. The van der Waals surface area contributed by atoms with Crippen molar-refractivity contribution in [3.63, 3.8) is 0 Å². The smallest absolute Gasteiger partial charge is 0.462 e. The number of carbonyl (C=O) groups is 3. The van der Waals surface area contributed by atoms with Crippen molar-refractivity contribution < 1.29 is 52.2 Å². The summed E-state index contributed by atoms with van der Waals surface area (Å²) in [4.78, 5) is 48.5. The molecule has 2 N–H and O–H groups in total. The van der Waals surface area contributed by atoms with E-state index in [2.05, 4.69) is 57.2 Å². The lowest BCUT2D eigenvalue weighted by molar-refractivity contribution is -0.161. The van der Waals surface area contributed by atoms with E-state index in [4.69, 9.17) is 23.3 Å². The number of aliphatic hydroxyl groups is 1. The van der Waals surface area contributed by atoms with Gasteiger partial charge in [0.05, 0.1) is 19.8 Å². The number of allylic oxidation sites excluding steroid dienone is 6. The standard InChI is InChI=1S/C60H111O11P/c1-4-7-10-13-16-19-21-23-25-27-28-30-31-33-35-38-40-43-46-49-58(62)67-53-57(71-60(64)51-48-45-42-39-36-34-32-29-26-24-22-20-17-14-11-8-5-2)55-69-72(65,66)68-54-56(52-61)70-59(63)50-47-44-41-37-18-15-12-9-6-3/h16,19,23,25,28,30,56-57,61H,4-15,17-18,20-22,24,26-27,29,31-55H2,1-3H3,(H,65,66)/b19-16-,25-23-,30-28-. The quantitative estimate of drug-likeness (QED) is 0.0197. The van der Waals surface area contributed by atoms with Crippen LogP contribution in [0.3, 0.4) is 0 Å². The van der Waals surface area contributed by atoms with E-state index in [1.165, 1.54) is 141 Å². The average molecular weight is 1040 g/mol. The predicted octanol–water partition coefficient (Wildman–Crippen LogP) is 17.6. The van der Waals surface area contributed by atoms with E-state index in [0.29, 0.717) is 19.3 Å². The van der Waals surface area contributed by atoms with E-state index in [1.807, 2.05) is 0 Å². The zero-order valence-corrected chi connectivity index (χ0v) is 47.6. The number of unbranched alkanes of at least 4 members (excludes halogenated alkanes) is 33. The maximum Gasteiger partial charge on any atom is 0.472 e. The average Bonchev–Trinajstić information content (AvgIpc) is 3.37. The maximum absolute atomic E-state index is 12.9. The summed E-state index contributed by atoms with van der Waals surface area (Å²) in [5.74, 6) is -1.46. The third kappa shape index (κ3) is 52.6. The molecule has 0 bridgehead atoms. The highest BCUT2D eigenvalue weighted by Gasteiger charge is 2.28. The third-order valence-electron chi connectivity index (χ3n) is 13.1. The Kier molecular flexibility index (Phi) is 53.2. The fraction of sp³-hybridized carbons (Fsp3) is 0.850. The summed E-state index contributed by atoms with van der Waals surface area (Å²) < 4.78 is 39.5. The normalized spacial score (nSPS) is 13.6. The number of aliphatic hydroxyl groups excluding tert-OH is 1. The Hall–Kier alpha value is -2.30. The van der Waals surface area contributed by atoms with Crippen molar-refractivity contribution in [2.75, 3.05) is 26.4 Å². The molecule has 0 saturated carbocycles. The van der Waals surface area contributed by atoms with Crippen LogP contribution in [0.15, 0.2) is 36.5 Å². The van der Waals surface area contributed by atoms with E-state index in [9.17, 15) is 28.9 Å². The van der Waals surface area contributed by atoms with Crippen LogP contribution >= 0.6 is 7.82 Å². The first-order valence-electron chi connectivity index (χ1n) is 29.9. The van der Waals surface area contributed by atoms with Gasteiger partial charge in [-0.25, -0.2) is 4.57 Å². The van der Waals surface area contributed by atoms with E-state index in [0.717, 1.165) is 89.9 Å². The number of rotatable bonds is 56. The molecular formula is C60H111O11P. The van der Waals surface area contributed by atoms with Crippen LogP contribution < -0.4 is 0 Å². The van der Waals surface area contributed by atoms with Gasteiger partial charge in [-0.1, -0.05) is 250 Å². The summed E-state index contributed by atoms with van der Waals surface area (Å²) in [5, 5.41) is 9.78. The number of phosphoric ester groups is 1. The molecule has 0 aliphatic rings. The Bertz CT molecular complexity index is 1350. The van der Waals surface area contributed by atoms with E-state index >= 15 is 0 Å². The van der Waals surface area contributed by atoms with Crippen molar-refractivity contribution in [1.29, 1.82) is 0 Å². The van der Waals surface area contributed by atoms with Gasteiger partial charge in [0.2, 0.25) is 0 Å². The second kappa shape index (κ2) is 54.9. The van der Waals surface area contributed by atoms with Crippen molar-refractivity contribution >= 4 is 25.7 Å². The lowest BCUT2D eigenvalue weighted by atomic mass is 10.0. The zero-order valence-electron chi connectivity index (χ0n) is 46.7. The Morgan fingerprint density at radius 2 is 0.681 bits per heavy atom. The monoisotopic (exact) mass is 1040 g/mol. The summed E-state index contributed by atoms with van der Waals surface area (Å²) >= 11 is 0. The zero-order chi connectivity index (χ0) is 52.7. The van der Waals surface area contributed by atoms with Crippen molar-refractivity contribution in [2.45, 2.75) is 303 Å². The molecule has 0 aromatic heterocycles. The van der Waals surface area contributed by atoms with Crippen molar-refractivity contribution in [3.8, 4) is 0 Å². The molecular weight excluding hydrogens is 928 g/mol. The van der Waals surface area contributed by atoms with Crippen molar-refractivity contribution in [3.05, 3.63) is 36.5 Å².